The van der Waals surface area contributed by atoms with Crippen molar-refractivity contribution < 1.29 is 26.3 Å². The summed E-state index contributed by atoms with van der Waals surface area (Å²) in [5.41, 5.74) is 6.36. The van der Waals surface area contributed by atoms with E-state index < -0.39 is 16.4 Å². The summed E-state index contributed by atoms with van der Waals surface area (Å²) in [4.78, 5) is 4.07. The number of alkyl halides is 3. The normalized spacial score (nSPS) is 12.6. The van der Waals surface area contributed by atoms with E-state index in [2.05, 4.69) is 15.0 Å². The summed E-state index contributed by atoms with van der Waals surface area (Å²) in [6, 6.07) is 5.32. The Hall–Kier alpha value is -1.28. The standard InChI is InChI=1S/C15H23F3N4O3S.HI/c1-3-26(23,24)22(2)10-4-9-20-14(19)21-11-12-5-7-13(8-6-12)25-15(16,17)18;/h5-8H,3-4,9-11H2,1-2H3,(H3,19,20,21);1H. The number of ether oxygens (including phenoxy) is 1. The molecule has 156 valence electrons. The number of nitrogens with two attached hydrogens (primary N) is 1. The van der Waals surface area contributed by atoms with Gasteiger partial charge in [-0.25, -0.2) is 17.7 Å². The predicted molar refractivity (Wildman–Crippen MR) is 109 cm³/mol. The molecule has 0 atom stereocenters. The number of guanidine groups is 1. The molecule has 0 heterocycles. The molecule has 3 N–H and O–H groups in total. The molecule has 0 bridgehead atoms. The molecule has 12 heteroatoms. The highest BCUT2D eigenvalue weighted by Crippen LogP contribution is 2.22. The topological polar surface area (TPSA) is 97.0 Å². The first kappa shape index (κ1) is 25.7. The zero-order valence-corrected chi connectivity index (χ0v) is 18.1. The Bertz CT molecular complexity index is 697. The van der Waals surface area contributed by atoms with Crippen molar-refractivity contribution in [2.24, 2.45) is 10.7 Å². The van der Waals surface area contributed by atoms with Gasteiger partial charge in [-0.05, 0) is 31.0 Å². The van der Waals surface area contributed by atoms with Crippen molar-refractivity contribution in [3.05, 3.63) is 29.8 Å². The van der Waals surface area contributed by atoms with Gasteiger partial charge >= 0.3 is 6.36 Å². The molecule has 27 heavy (non-hydrogen) atoms. The van der Waals surface area contributed by atoms with E-state index >= 15 is 0 Å². The van der Waals surface area contributed by atoms with Crippen LogP contribution in [0.25, 0.3) is 0 Å². The van der Waals surface area contributed by atoms with Crippen molar-refractivity contribution in [2.45, 2.75) is 26.3 Å². The van der Waals surface area contributed by atoms with Gasteiger partial charge in [0.1, 0.15) is 5.75 Å². The summed E-state index contributed by atoms with van der Waals surface area (Å²) in [5.74, 6) is -0.0862. The first-order valence-corrected chi connectivity index (χ1v) is 9.47. The molecule has 0 fully saturated rings. The van der Waals surface area contributed by atoms with E-state index in [4.69, 9.17) is 5.73 Å². The Morgan fingerprint density at radius 2 is 1.89 bits per heavy atom. The molecule has 0 aliphatic carbocycles. The molecular formula is C15H24F3IN4O3S. The first-order valence-electron chi connectivity index (χ1n) is 7.86. The Balaban J connectivity index is 0.00000676. The van der Waals surface area contributed by atoms with Crippen LogP contribution in [0.2, 0.25) is 0 Å². The molecule has 1 rings (SSSR count). The molecule has 0 aromatic heterocycles. The van der Waals surface area contributed by atoms with E-state index in [0.717, 1.165) is 0 Å². The number of hydrogen-bond donors (Lipinski definition) is 2. The smallest absolute Gasteiger partial charge is 0.406 e. The van der Waals surface area contributed by atoms with Crippen LogP contribution in [0.15, 0.2) is 29.3 Å². The molecule has 0 spiro atoms. The lowest BCUT2D eigenvalue weighted by Gasteiger charge is -2.15. The van der Waals surface area contributed by atoms with Crippen LogP contribution in [0.4, 0.5) is 13.2 Å². The summed E-state index contributed by atoms with van der Waals surface area (Å²) in [6.45, 7) is 2.57. The van der Waals surface area contributed by atoms with E-state index in [1.54, 1.807) is 6.92 Å². The zero-order chi connectivity index (χ0) is 19.8. The number of nitrogens with one attached hydrogen (secondary N) is 1. The summed E-state index contributed by atoms with van der Waals surface area (Å²) >= 11 is 0. The van der Waals surface area contributed by atoms with Crippen molar-refractivity contribution in [3.63, 3.8) is 0 Å². The van der Waals surface area contributed by atoms with Gasteiger partial charge < -0.3 is 15.8 Å². The van der Waals surface area contributed by atoms with Gasteiger partial charge in [-0.3, -0.25) is 0 Å². The Kier molecular flexibility index (Phi) is 11.0. The van der Waals surface area contributed by atoms with E-state index in [9.17, 15) is 21.6 Å². The molecule has 0 saturated carbocycles. The van der Waals surface area contributed by atoms with E-state index in [1.165, 1.54) is 35.6 Å². The van der Waals surface area contributed by atoms with Gasteiger partial charge in [-0.2, -0.15) is 0 Å². The molecular weight excluding hydrogens is 500 g/mol. The third-order valence-electron chi connectivity index (χ3n) is 3.38. The van der Waals surface area contributed by atoms with Gasteiger partial charge in [0.05, 0.1) is 12.3 Å². The molecule has 1 aromatic carbocycles. The quantitative estimate of drug-likeness (QED) is 0.224. The van der Waals surface area contributed by atoms with Crippen LogP contribution < -0.4 is 15.8 Å². The second-order valence-electron chi connectivity index (χ2n) is 5.40. The lowest BCUT2D eigenvalue weighted by molar-refractivity contribution is -0.274. The molecule has 7 nitrogen and oxygen atoms in total. The van der Waals surface area contributed by atoms with E-state index in [0.29, 0.717) is 25.1 Å². The number of sulfonamides is 1. The third-order valence-corrected chi connectivity index (χ3v) is 5.25. The van der Waals surface area contributed by atoms with Crippen LogP contribution in [0.5, 0.6) is 5.75 Å². The zero-order valence-electron chi connectivity index (χ0n) is 15.0. The van der Waals surface area contributed by atoms with Crippen molar-refractivity contribution in [1.82, 2.24) is 9.62 Å². The molecule has 0 amide bonds. The van der Waals surface area contributed by atoms with Gasteiger partial charge in [-0.1, -0.05) is 12.1 Å². The Morgan fingerprint density at radius 1 is 1.30 bits per heavy atom. The van der Waals surface area contributed by atoms with Crippen LogP contribution in [0.1, 0.15) is 18.9 Å². The van der Waals surface area contributed by atoms with Crippen molar-refractivity contribution >= 4 is 40.0 Å². The van der Waals surface area contributed by atoms with Gasteiger partial charge in [0.2, 0.25) is 10.0 Å². The van der Waals surface area contributed by atoms with Crippen LogP contribution >= 0.6 is 24.0 Å². The van der Waals surface area contributed by atoms with Gasteiger partial charge in [0.15, 0.2) is 5.96 Å². The van der Waals surface area contributed by atoms with Crippen molar-refractivity contribution in [3.8, 4) is 5.75 Å². The highest BCUT2D eigenvalue weighted by atomic mass is 127. The largest absolute Gasteiger partial charge is 0.573 e. The molecule has 1 aromatic rings. The second kappa shape index (κ2) is 11.5. The molecule has 0 aliphatic heterocycles. The van der Waals surface area contributed by atoms with Gasteiger partial charge in [-0.15, -0.1) is 37.1 Å². The molecule has 0 aliphatic rings. The number of benzene rings is 1. The van der Waals surface area contributed by atoms with Crippen LogP contribution in [0, 0.1) is 0 Å². The van der Waals surface area contributed by atoms with Crippen molar-refractivity contribution in [2.75, 3.05) is 25.9 Å². The summed E-state index contributed by atoms with van der Waals surface area (Å²) in [5, 5.41) is 2.85. The predicted octanol–water partition coefficient (Wildman–Crippen LogP) is 2.28. The Morgan fingerprint density at radius 3 is 2.41 bits per heavy atom. The SMILES string of the molecule is CCS(=O)(=O)N(C)CCCNC(N)=NCc1ccc(OC(F)(F)F)cc1.I. The van der Waals surface area contributed by atoms with Crippen molar-refractivity contribution in [1.29, 1.82) is 0 Å². The molecule has 0 unspecified atom stereocenters. The summed E-state index contributed by atoms with van der Waals surface area (Å²) in [7, 11) is -1.68. The maximum Gasteiger partial charge on any atom is 0.573 e. The number of rotatable bonds is 9. The minimum absolute atomic E-state index is 0. The van der Waals surface area contributed by atoms with Gasteiger partial charge in [0, 0.05) is 20.1 Å². The van der Waals surface area contributed by atoms with Crippen LogP contribution in [-0.4, -0.2) is 50.9 Å². The summed E-state index contributed by atoms with van der Waals surface area (Å²) < 4.78 is 64.4. The third kappa shape index (κ3) is 10.6. The Labute approximate surface area is 174 Å². The lowest BCUT2D eigenvalue weighted by atomic mass is 10.2. The average Bonchev–Trinajstić information content (AvgIpc) is 2.56. The average molecular weight is 524 g/mol. The molecule has 0 radical (unpaired) electrons. The fourth-order valence-corrected chi connectivity index (χ4v) is 2.75. The van der Waals surface area contributed by atoms with Crippen LogP contribution in [0.3, 0.4) is 0 Å². The number of nitrogens with zero attached hydrogens (tertiary/aromatic N) is 2. The monoisotopic (exact) mass is 524 g/mol. The fraction of sp³-hybridized carbons (Fsp3) is 0.533. The van der Waals surface area contributed by atoms with Gasteiger partial charge in [0.25, 0.3) is 0 Å². The highest BCUT2D eigenvalue weighted by molar-refractivity contribution is 14.0. The second-order valence-corrected chi connectivity index (χ2v) is 7.76. The minimum atomic E-state index is -4.72. The number of aliphatic imine (C=N–C) groups is 1. The highest BCUT2D eigenvalue weighted by Gasteiger charge is 2.30. The minimum Gasteiger partial charge on any atom is -0.406 e. The maximum atomic E-state index is 12.1. The van der Waals surface area contributed by atoms with E-state index in [1.807, 2.05) is 0 Å². The lowest BCUT2D eigenvalue weighted by Crippen LogP contribution is -2.35. The number of hydrogen-bond acceptors (Lipinski definition) is 4. The van der Waals surface area contributed by atoms with E-state index in [-0.39, 0.29) is 48.0 Å². The first-order chi connectivity index (χ1) is 12.0. The molecule has 0 saturated heterocycles. The van der Waals surface area contributed by atoms with Crippen LogP contribution in [-0.2, 0) is 16.6 Å². The summed E-state index contributed by atoms with van der Waals surface area (Å²) in [6.07, 6.45) is -4.17. The maximum absolute atomic E-state index is 12.1. The fourth-order valence-electron chi connectivity index (χ4n) is 1.91. The number of halogens is 4.